The molecule has 1 atom stereocenters. The fourth-order valence-corrected chi connectivity index (χ4v) is 3.40. The summed E-state index contributed by atoms with van der Waals surface area (Å²) in [5.74, 6) is 1.56. The zero-order valence-corrected chi connectivity index (χ0v) is 15.2. The molecule has 24 heavy (non-hydrogen) atoms. The monoisotopic (exact) mass is 349 g/mol. The normalized spacial score (nSPS) is 21.4. The van der Waals surface area contributed by atoms with E-state index in [0.29, 0.717) is 11.1 Å². The predicted octanol–water partition coefficient (Wildman–Crippen LogP) is 2.63. The number of anilines is 2. The van der Waals surface area contributed by atoms with E-state index in [1.165, 1.54) is 25.7 Å². The molecule has 7 heteroatoms. The summed E-state index contributed by atoms with van der Waals surface area (Å²) in [5, 5.41) is 6.87. The summed E-state index contributed by atoms with van der Waals surface area (Å²) in [6.45, 7) is 5.72. The molecule has 0 radical (unpaired) electrons. The third-order valence-electron chi connectivity index (χ3n) is 4.51. The van der Waals surface area contributed by atoms with E-state index in [1.807, 2.05) is 6.92 Å². The molecule has 1 aromatic rings. The molecule has 3 heterocycles. The molecule has 0 spiro atoms. The number of ether oxygens (including phenoxy) is 1. The van der Waals surface area contributed by atoms with Gasteiger partial charge in [-0.15, -0.1) is 0 Å². The van der Waals surface area contributed by atoms with Crippen LogP contribution < -0.4 is 15.5 Å². The summed E-state index contributed by atoms with van der Waals surface area (Å²) in [6.07, 6.45) is 7.56. The van der Waals surface area contributed by atoms with Gasteiger partial charge in [0.1, 0.15) is 5.82 Å². The van der Waals surface area contributed by atoms with E-state index in [2.05, 4.69) is 31.6 Å². The highest BCUT2D eigenvalue weighted by Gasteiger charge is 2.16. The minimum Gasteiger partial charge on any atom is -0.376 e. The fraction of sp³-hybridized carbons (Fsp3) is 0.706. The van der Waals surface area contributed by atoms with Gasteiger partial charge in [0, 0.05) is 38.0 Å². The number of nitrogens with one attached hydrogen (secondary N) is 2. The Morgan fingerprint density at radius 1 is 1.25 bits per heavy atom. The van der Waals surface area contributed by atoms with Gasteiger partial charge >= 0.3 is 0 Å². The number of aryl methyl sites for hydroxylation is 1. The number of aromatic nitrogens is 2. The quantitative estimate of drug-likeness (QED) is 0.810. The molecule has 0 saturated carbocycles. The van der Waals surface area contributed by atoms with Crippen molar-refractivity contribution in [1.82, 2.24) is 15.3 Å². The van der Waals surface area contributed by atoms with Crippen molar-refractivity contribution in [2.75, 3.05) is 36.5 Å². The van der Waals surface area contributed by atoms with Crippen LogP contribution in [-0.2, 0) is 4.74 Å². The molecule has 2 fully saturated rings. The summed E-state index contributed by atoms with van der Waals surface area (Å²) < 4.78 is 5.60. The van der Waals surface area contributed by atoms with E-state index in [0.717, 1.165) is 50.6 Å². The van der Waals surface area contributed by atoms with Crippen molar-refractivity contribution in [2.45, 2.75) is 51.6 Å². The van der Waals surface area contributed by atoms with Crippen LogP contribution >= 0.6 is 12.2 Å². The Balaban J connectivity index is 1.59. The van der Waals surface area contributed by atoms with Gasteiger partial charge in [-0.05, 0) is 44.8 Å². The first kappa shape index (κ1) is 17.4. The Labute approximate surface area is 149 Å². The molecule has 1 aromatic heterocycles. The number of thiocarbonyl (C=S) groups is 1. The van der Waals surface area contributed by atoms with Gasteiger partial charge in [-0.25, -0.2) is 4.98 Å². The summed E-state index contributed by atoms with van der Waals surface area (Å²) in [7, 11) is 0. The maximum absolute atomic E-state index is 5.60. The first-order valence-corrected chi connectivity index (χ1v) is 9.38. The molecule has 2 saturated heterocycles. The third kappa shape index (κ3) is 5.01. The van der Waals surface area contributed by atoms with Crippen molar-refractivity contribution in [3.63, 3.8) is 0 Å². The van der Waals surface area contributed by atoms with Gasteiger partial charge in [0.25, 0.3) is 0 Å². The van der Waals surface area contributed by atoms with Crippen molar-refractivity contribution in [2.24, 2.45) is 0 Å². The second-order valence-corrected chi connectivity index (χ2v) is 6.97. The Bertz CT molecular complexity index is 554. The van der Waals surface area contributed by atoms with Gasteiger partial charge in [-0.1, -0.05) is 12.8 Å². The number of nitrogens with zero attached hydrogens (tertiary/aromatic N) is 3. The van der Waals surface area contributed by atoms with Gasteiger partial charge in [-0.2, -0.15) is 4.98 Å². The van der Waals surface area contributed by atoms with Gasteiger partial charge in [-0.3, -0.25) is 0 Å². The Kier molecular flexibility index (Phi) is 6.20. The molecule has 2 aliphatic heterocycles. The van der Waals surface area contributed by atoms with Crippen LogP contribution in [0.15, 0.2) is 6.07 Å². The highest BCUT2D eigenvalue weighted by Crippen LogP contribution is 2.19. The molecule has 0 unspecified atom stereocenters. The average molecular weight is 350 g/mol. The largest absolute Gasteiger partial charge is 0.376 e. The first-order valence-electron chi connectivity index (χ1n) is 8.98. The maximum Gasteiger partial charge on any atom is 0.231 e. The number of hydrogen-bond acceptors (Lipinski definition) is 5. The molecule has 0 aromatic carbocycles. The van der Waals surface area contributed by atoms with E-state index in [-0.39, 0.29) is 6.10 Å². The van der Waals surface area contributed by atoms with E-state index in [1.54, 1.807) is 0 Å². The van der Waals surface area contributed by atoms with E-state index in [9.17, 15) is 0 Å². The lowest BCUT2D eigenvalue weighted by Gasteiger charge is -2.22. The highest BCUT2D eigenvalue weighted by atomic mass is 32.1. The lowest BCUT2D eigenvalue weighted by molar-refractivity contribution is 0.114. The molecular formula is C17H27N5OS. The molecule has 2 aliphatic rings. The Morgan fingerprint density at radius 3 is 2.75 bits per heavy atom. The highest BCUT2D eigenvalue weighted by molar-refractivity contribution is 7.80. The standard InChI is InChI=1S/C17H27N5OS/c1-13-11-15(22-8-4-2-3-5-9-22)20-16(19-13)21-17(24)18-12-14-7-6-10-23-14/h11,14H,2-10,12H2,1H3,(H2,18,19,20,21,24)/t14-/m0/s1. The van der Waals surface area contributed by atoms with Crippen LogP contribution in [0.3, 0.4) is 0 Å². The first-order chi connectivity index (χ1) is 11.7. The van der Waals surface area contributed by atoms with Crippen LogP contribution in [0.5, 0.6) is 0 Å². The topological polar surface area (TPSA) is 62.3 Å². The molecule has 3 rings (SSSR count). The second-order valence-electron chi connectivity index (χ2n) is 6.56. The van der Waals surface area contributed by atoms with Gasteiger partial charge < -0.3 is 20.3 Å². The molecule has 0 bridgehead atoms. The smallest absolute Gasteiger partial charge is 0.231 e. The zero-order valence-electron chi connectivity index (χ0n) is 14.4. The minimum absolute atomic E-state index is 0.260. The predicted molar refractivity (Wildman–Crippen MR) is 101 cm³/mol. The average Bonchev–Trinajstić information content (AvgIpc) is 2.92. The van der Waals surface area contributed by atoms with E-state index >= 15 is 0 Å². The lowest BCUT2D eigenvalue weighted by Crippen LogP contribution is -2.35. The Morgan fingerprint density at radius 2 is 2.04 bits per heavy atom. The Hall–Kier alpha value is -1.47. The fourth-order valence-electron chi connectivity index (χ4n) is 3.23. The van der Waals surface area contributed by atoms with Gasteiger partial charge in [0.2, 0.25) is 5.95 Å². The minimum atomic E-state index is 0.260. The van der Waals surface area contributed by atoms with Crippen molar-refractivity contribution in [3.8, 4) is 0 Å². The summed E-state index contributed by atoms with van der Waals surface area (Å²) in [5.41, 5.74) is 0.952. The summed E-state index contributed by atoms with van der Waals surface area (Å²) >= 11 is 5.36. The molecule has 6 nitrogen and oxygen atoms in total. The SMILES string of the molecule is Cc1cc(N2CCCCCC2)nc(NC(=S)NC[C@@H]2CCCO2)n1. The summed E-state index contributed by atoms with van der Waals surface area (Å²) in [4.78, 5) is 11.5. The lowest BCUT2D eigenvalue weighted by atomic mass is 10.2. The van der Waals surface area contributed by atoms with Crippen molar-refractivity contribution >= 4 is 29.1 Å². The van der Waals surface area contributed by atoms with Crippen molar-refractivity contribution in [3.05, 3.63) is 11.8 Å². The number of hydrogen-bond donors (Lipinski definition) is 2. The van der Waals surface area contributed by atoms with Crippen LogP contribution in [0.1, 0.15) is 44.2 Å². The van der Waals surface area contributed by atoms with Crippen molar-refractivity contribution < 1.29 is 4.74 Å². The molecular weight excluding hydrogens is 322 g/mol. The van der Waals surface area contributed by atoms with Gasteiger partial charge in [0.05, 0.1) is 6.10 Å². The zero-order chi connectivity index (χ0) is 16.8. The summed E-state index contributed by atoms with van der Waals surface area (Å²) in [6, 6.07) is 2.05. The van der Waals surface area contributed by atoms with Crippen LogP contribution in [0.4, 0.5) is 11.8 Å². The molecule has 0 amide bonds. The molecule has 2 N–H and O–H groups in total. The maximum atomic E-state index is 5.60. The number of rotatable bonds is 4. The molecule has 132 valence electrons. The van der Waals surface area contributed by atoms with Crippen LogP contribution in [0.25, 0.3) is 0 Å². The second kappa shape index (κ2) is 8.58. The third-order valence-corrected chi connectivity index (χ3v) is 4.76. The van der Waals surface area contributed by atoms with E-state index in [4.69, 9.17) is 17.0 Å². The van der Waals surface area contributed by atoms with Crippen LogP contribution in [0.2, 0.25) is 0 Å². The van der Waals surface area contributed by atoms with Crippen molar-refractivity contribution in [1.29, 1.82) is 0 Å². The van der Waals surface area contributed by atoms with Crippen LogP contribution in [0, 0.1) is 6.92 Å². The van der Waals surface area contributed by atoms with Crippen LogP contribution in [-0.4, -0.2) is 47.4 Å². The van der Waals surface area contributed by atoms with Gasteiger partial charge in [0.15, 0.2) is 5.11 Å². The molecule has 0 aliphatic carbocycles. The van der Waals surface area contributed by atoms with E-state index < -0.39 is 0 Å².